The first-order valence-corrected chi connectivity index (χ1v) is 8.31. The molecule has 106 valence electrons. The van der Waals surface area contributed by atoms with Crippen molar-refractivity contribution in [1.29, 1.82) is 0 Å². The van der Waals surface area contributed by atoms with Crippen LogP contribution in [0, 0.1) is 6.92 Å². The first-order chi connectivity index (χ1) is 9.72. The molecule has 0 bridgehead atoms. The van der Waals surface area contributed by atoms with Crippen molar-refractivity contribution >= 4 is 33.7 Å². The molecule has 1 fully saturated rings. The van der Waals surface area contributed by atoms with Gasteiger partial charge in [-0.25, -0.2) is 4.79 Å². The standard InChI is InChI=1S/C13H16N4OS2/c1-9-15-16-12(20-9)10-4-2-6-17(8-10)13(18)14-11-5-3-7-19-11/h3,5,7,10H,2,4,6,8H2,1H3,(H,14,18)/t10-/m1/s1. The molecule has 0 unspecified atom stereocenters. The zero-order chi connectivity index (χ0) is 13.9. The number of carbonyl (C=O) groups excluding carboxylic acids is 1. The number of rotatable bonds is 2. The minimum Gasteiger partial charge on any atom is -0.324 e. The third-order valence-corrected chi connectivity index (χ3v) is 5.14. The van der Waals surface area contributed by atoms with Crippen LogP contribution in [0.2, 0.25) is 0 Å². The highest BCUT2D eigenvalue weighted by atomic mass is 32.1. The summed E-state index contributed by atoms with van der Waals surface area (Å²) in [5.41, 5.74) is 0. The molecule has 2 aromatic heterocycles. The van der Waals surface area contributed by atoms with E-state index in [4.69, 9.17) is 0 Å². The van der Waals surface area contributed by atoms with Crippen LogP contribution in [0.1, 0.15) is 28.8 Å². The van der Waals surface area contributed by atoms with E-state index in [1.165, 1.54) is 11.3 Å². The van der Waals surface area contributed by atoms with Gasteiger partial charge in [0.25, 0.3) is 0 Å². The summed E-state index contributed by atoms with van der Waals surface area (Å²) < 4.78 is 0. The Morgan fingerprint density at radius 3 is 3.10 bits per heavy atom. The van der Waals surface area contributed by atoms with Crippen LogP contribution in [0.15, 0.2) is 17.5 Å². The fraction of sp³-hybridized carbons (Fsp3) is 0.462. The fourth-order valence-corrected chi connectivity index (χ4v) is 3.81. The Morgan fingerprint density at radius 2 is 2.40 bits per heavy atom. The molecule has 3 heterocycles. The second-order valence-electron chi connectivity index (χ2n) is 4.85. The second-order valence-corrected chi connectivity index (χ2v) is 7.01. The highest BCUT2D eigenvalue weighted by molar-refractivity contribution is 7.14. The van der Waals surface area contributed by atoms with Gasteiger partial charge in [-0.05, 0) is 37.3 Å². The lowest BCUT2D eigenvalue weighted by molar-refractivity contribution is 0.192. The summed E-state index contributed by atoms with van der Waals surface area (Å²) in [5, 5.41) is 16.1. The van der Waals surface area contributed by atoms with Crippen LogP contribution < -0.4 is 5.32 Å². The van der Waals surface area contributed by atoms with Crippen LogP contribution in [0.3, 0.4) is 0 Å². The summed E-state index contributed by atoms with van der Waals surface area (Å²) in [5.74, 6) is 0.323. The number of hydrogen-bond donors (Lipinski definition) is 1. The van der Waals surface area contributed by atoms with Crippen LogP contribution in [0.4, 0.5) is 9.80 Å². The number of nitrogens with zero attached hydrogens (tertiary/aromatic N) is 3. The first-order valence-electron chi connectivity index (χ1n) is 6.62. The quantitative estimate of drug-likeness (QED) is 0.926. The molecule has 1 aliphatic rings. The zero-order valence-corrected chi connectivity index (χ0v) is 12.8. The summed E-state index contributed by atoms with van der Waals surface area (Å²) in [6.07, 6.45) is 2.10. The number of likely N-dealkylation sites (tertiary alicyclic amines) is 1. The van der Waals surface area contributed by atoms with Gasteiger partial charge in [-0.1, -0.05) is 0 Å². The SMILES string of the molecule is Cc1nnc([C@@H]2CCCN(C(=O)Nc3cccs3)C2)s1. The molecule has 5 nitrogen and oxygen atoms in total. The van der Waals surface area contributed by atoms with Gasteiger partial charge in [0, 0.05) is 19.0 Å². The van der Waals surface area contributed by atoms with Gasteiger partial charge in [-0.3, -0.25) is 5.32 Å². The van der Waals surface area contributed by atoms with Crippen molar-refractivity contribution in [1.82, 2.24) is 15.1 Å². The third-order valence-electron chi connectivity index (χ3n) is 3.35. The highest BCUT2D eigenvalue weighted by Crippen LogP contribution is 2.29. The molecule has 7 heteroatoms. The molecule has 0 aromatic carbocycles. The maximum atomic E-state index is 12.2. The van der Waals surface area contributed by atoms with Gasteiger partial charge < -0.3 is 4.90 Å². The van der Waals surface area contributed by atoms with E-state index in [9.17, 15) is 4.79 Å². The summed E-state index contributed by atoms with van der Waals surface area (Å²) in [6, 6.07) is 3.83. The van der Waals surface area contributed by atoms with E-state index in [-0.39, 0.29) is 6.03 Å². The molecule has 3 rings (SSSR count). The fourth-order valence-electron chi connectivity index (χ4n) is 2.37. The molecule has 1 N–H and O–H groups in total. The Hall–Kier alpha value is -1.47. The van der Waals surface area contributed by atoms with Crippen molar-refractivity contribution in [2.75, 3.05) is 18.4 Å². The molecule has 0 aliphatic carbocycles. The number of hydrogen-bond acceptors (Lipinski definition) is 5. The summed E-state index contributed by atoms with van der Waals surface area (Å²) in [4.78, 5) is 14.1. The summed E-state index contributed by atoms with van der Waals surface area (Å²) in [7, 11) is 0. The number of amides is 2. The van der Waals surface area contributed by atoms with Gasteiger partial charge in [0.05, 0.1) is 5.00 Å². The van der Waals surface area contributed by atoms with Gasteiger partial charge in [0.2, 0.25) is 0 Å². The number of nitrogens with one attached hydrogen (secondary N) is 1. The number of thiophene rings is 1. The van der Waals surface area contributed by atoms with Gasteiger partial charge in [0.1, 0.15) is 10.0 Å². The van der Waals surface area contributed by atoms with E-state index in [0.29, 0.717) is 5.92 Å². The van der Waals surface area contributed by atoms with Crippen LogP contribution in [-0.4, -0.2) is 34.2 Å². The zero-order valence-electron chi connectivity index (χ0n) is 11.2. The van der Waals surface area contributed by atoms with Crippen LogP contribution in [-0.2, 0) is 0 Å². The molecule has 1 aliphatic heterocycles. The van der Waals surface area contributed by atoms with E-state index in [0.717, 1.165) is 40.9 Å². The molecule has 1 saturated heterocycles. The third kappa shape index (κ3) is 2.99. The van der Waals surface area contributed by atoms with Crippen LogP contribution in [0.5, 0.6) is 0 Å². The lowest BCUT2D eigenvalue weighted by Gasteiger charge is -2.31. The van der Waals surface area contributed by atoms with Gasteiger partial charge in [-0.15, -0.1) is 32.9 Å². The molecule has 2 amide bonds. The van der Waals surface area contributed by atoms with Crippen LogP contribution >= 0.6 is 22.7 Å². The Balaban J connectivity index is 1.64. The lowest BCUT2D eigenvalue weighted by atomic mass is 9.99. The molecule has 1 atom stereocenters. The number of aryl methyl sites for hydroxylation is 1. The van der Waals surface area contributed by atoms with Gasteiger partial charge in [0.15, 0.2) is 0 Å². The molecular weight excluding hydrogens is 292 g/mol. The topological polar surface area (TPSA) is 58.1 Å². The Kier molecular flexibility index (Phi) is 3.98. The summed E-state index contributed by atoms with van der Waals surface area (Å²) >= 11 is 3.17. The van der Waals surface area contributed by atoms with E-state index in [1.54, 1.807) is 11.3 Å². The molecule has 20 heavy (non-hydrogen) atoms. The van der Waals surface area contributed by atoms with Gasteiger partial charge in [-0.2, -0.15) is 0 Å². The minimum atomic E-state index is -0.0154. The van der Waals surface area contributed by atoms with Crippen molar-refractivity contribution in [2.24, 2.45) is 0 Å². The monoisotopic (exact) mass is 308 g/mol. The first kappa shape index (κ1) is 13.5. The Morgan fingerprint density at radius 1 is 1.50 bits per heavy atom. The largest absolute Gasteiger partial charge is 0.324 e. The maximum Gasteiger partial charge on any atom is 0.322 e. The van der Waals surface area contributed by atoms with Crippen molar-refractivity contribution in [3.8, 4) is 0 Å². The van der Waals surface area contributed by atoms with Crippen LogP contribution in [0.25, 0.3) is 0 Å². The Bertz CT molecular complexity index is 581. The number of carbonyl (C=O) groups is 1. The number of urea groups is 1. The number of anilines is 1. The molecular formula is C13H16N4OS2. The average molecular weight is 308 g/mol. The van der Waals surface area contributed by atoms with E-state index in [1.807, 2.05) is 29.3 Å². The molecule has 0 radical (unpaired) electrons. The van der Waals surface area contributed by atoms with Crippen molar-refractivity contribution in [3.63, 3.8) is 0 Å². The predicted octanol–water partition coefficient (Wildman–Crippen LogP) is 3.32. The van der Waals surface area contributed by atoms with E-state index in [2.05, 4.69) is 15.5 Å². The smallest absolute Gasteiger partial charge is 0.322 e. The summed E-state index contributed by atoms with van der Waals surface area (Å²) in [6.45, 7) is 3.50. The highest BCUT2D eigenvalue weighted by Gasteiger charge is 2.27. The average Bonchev–Trinajstić information content (AvgIpc) is 3.10. The molecule has 0 saturated carbocycles. The van der Waals surface area contributed by atoms with Crippen molar-refractivity contribution in [2.45, 2.75) is 25.7 Å². The van der Waals surface area contributed by atoms with E-state index >= 15 is 0 Å². The number of piperidine rings is 1. The Labute approximate surface area is 125 Å². The second kappa shape index (κ2) is 5.88. The van der Waals surface area contributed by atoms with Crippen molar-refractivity contribution < 1.29 is 4.79 Å². The molecule has 2 aromatic rings. The maximum absolute atomic E-state index is 12.2. The lowest BCUT2D eigenvalue weighted by Crippen LogP contribution is -2.41. The minimum absolute atomic E-state index is 0.0154. The predicted molar refractivity (Wildman–Crippen MR) is 81.5 cm³/mol. The number of aromatic nitrogens is 2. The van der Waals surface area contributed by atoms with E-state index < -0.39 is 0 Å². The molecule has 0 spiro atoms. The van der Waals surface area contributed by atoms with Gasteiger partial charge >= 0.3 is 6.03 Å². The van der Waals surface area contributed by atoms with Crippen molar-refractivity contribution in [3.05, 3.63) is 27.5 Å². The normalized spacial score (nSPS) is 19.1.